The van der Waals surface area contributed by atoms with Crippen LogP contribution in [0.2, 0.25) is 0 Å². The van der Waals surface area contributed by atoms with Crippen LogP contribution < -0.4 is 15.8 Å². The van der Waals surface area contributed by atoms with Gasteiger partial charge in [0.2, 0.25) is 0 Å². The Morgan fingerprint density at radius 3 is 2.90 bits per heavy atom. The summed E-state index contributed by atoms with van der Waals surface area (Å²) in [5.41, 5.74) is 7.85. The van der Waals surface area contributed by atoms with E-state index in [1.54, 1.807) is 0 Å². The van der Waals surface area contributed by atoms with E-state index >= 15 is 0 Å². The third-order valence-electron chi connectivity index (χ3n) is 2.71. The van der Waals surface area contributed by atoms with Crippen LogP contribution in [-0.2, 0) is 6.42 Å². The average molecular weight is 276 g/mol. The van der Waals surface area contributed by atoms with Crippen LogP contribution in [-0.4, -0.2) is 33.3 Å². The summed E-state index contributed by atoms with van der Waals surface area (Å²) in [7, 11) is 0. The second kappa shape index (κ2) is 6.74. The summed E-state index contributed by atoms with van der Waals surface area (Å²) in [5.74, 6) is 1.26. The molecular formula is C13H20N6O. The predicted molar refractivity (Wildman–Crippen MR) is 77.6 cm³/mol. The molecule has 0 radical (unpaired) electrons. The molecule has 2 aromatic rings. The van der Waals surface area contributed by atoms with Crippen LogP contribution in [0.25, 0.3) is 0 Å². The van der Waals surface area contributed by atoms with Crippen molar-refractivity contribution in [1.82, 2.24) is 20.6 Å². The van der Waals surface area contributed by atoms with Crippen LogP contribution in [0.5, 0.6) is 5.75 Å². The number of anilines is 2. The van der Waals surface area contributed by atoms with E-state index in [1.165, 1.54) is 5.56 Å². The largest absolute Gasteiger partial charge is 0.489 e. The Balaban J connectivity index is 1.79. The first kappa shape index (κ1) is 14.1. The number of benzene rings is 1. The molecular weight excluding hydrogens is 256 g/mol. The van der Waals surface area contributed by atoms with E-state index in [2.05, 4.69) is 25.9 Å². The van der Waals surface area contributed by atoms with E-state index < -0.39 is 0 Å². The first-order valence-corrected chi connectivity index (χ1v) is 6.67. The molecule has 0 aliphatic carbocycles. The Kier molecular flexibility index (Phi) is 4.75. The lowest BCUT2D eigenvalue weighted by atomic mass is 10.1. The number of hydrogen-bond acceptors (Lipinski definition) is 6. The summed E-state index contributed by atoms with van der Waals surface area (Å²) in [6.07, 6.45) is 2.01. The fourth-order valence-corrected chi connectivity index (χ4v) is 1.84. The van der Waals surface area contributed by atoms with Crippen LogP contribution in [0.15, 0.2) is 18.2 Å². The molecule has 20 heavy (non-hydrogen) atoms. The van der Waals surface area contributed by atoms with Crippen molar-refractivity contribution < 1.29 is 4.74 Å². The quantitative estimate of drug-likeness (QED) is 0.524. The normalized spacial score (nSPS) is 10.8. The van der Waals surface area contributed by atoms with Gasteiger partial charge in [0.25, 0.3) is 5.95 Å². The van der Waals surface area contributed by atoms with Crippen LogP contribution in [0.1, 0.15) is 25.8 Å². The number of nitrogens with zero attached hydrogens (tertiary/aromatic N) is 3. The van der Waals surface area contributed by atoms with Crippen LogP contribution in [0.4, 0.5) is 11.6 Å². The summed E-state index contributed by atoms with van der Waals surface area (Å²) in [6.45, 7) is 4.75. The van der Waals surface area contributed by atoms with Crippen LogP contribution >= 0.6 is 0 Å². The Labute approximate surface area is 117 Å². The highest BCUT2D eigenvalue weighted by Crippen LogP contribution is 2.24. The van der Waals surface area contributed by atoms with Crippen LogP contribution in [0, 0.1) is 0 Å². The monoisotopic (exact) mass is 276 g/mol. The van der Waals surface area contributed by atoms with Crippen molar-refractivity contribution in [2.45, 2.75) is 32.8 Å². The van der Waals surface area contributed by atoms with E-state index in [1.807, 2.05) is 32.0 Å². The minimum atomic E-state index is 0.127. The minimum Gasteiger partial charge on any atom is -0.489 e. The fourth-order valence-electron chi connectivity index (χ4n) is 1.84. The molecule has 0 aliphatic heterocycles. The molecule has 0 atom stereocenters. The molecule has 0 spiro atoms. The van der Waals surface area contributed by atoms with E-state index in [9.17, 15) is 0 Å². The number of H-pyrrole nitrogens is 1. The Hall–Kier alpha value is -2.31. The highest BCUT2D eigenvalue weighted by Gasteiger charge is 2.04. The maximum Gasteiger partial charge on any atom is 0.263 e. The summed E-state index contributed by atoms with van der Waals surface area (Å²) in [4.78, 5) is 0. The number of aromatic nitrogens is 4. The number of aryl methyl sites for hydroxylation is 1. The van der Waals surface area contributed by atoms with Crippen molar-refractivity contribution in [3.05, 3.63) is 23.8 Å². The maximum absolute atomic E-state index is 5.98. The van der Waals surface area contributed by atoms with Gasteiger partial charge < -0.3 is 15.8 Å². The highest BCUT2D eigenvalue weighted by atomic mass is 16.5. The van der Waals surface area contributed by atoms with Gasteiger partial charge in [-0.2, -0.15) is 5.21 Å². The summed E-state index contributed by atoms with van der Waals surface area (Å²) in [5, 5.41) is 16.6. The molecule has 0 bridgehead atoms. The zero-order valence-corrected chi connectivity index (χ0v) is 11.8. The number of hydrogen-bond donors (Lipinski definition) is 3. The van der Waals surface area contributed by atoms with E-state index in [-0.39, 0.29) is 6.10 Å². The van der Waals surface area contributed by atoms with Crippen molar-refractivity contribution in [3.63, 3.8) is 0 Å². The molecule has 1 aromatic carbocycles. The van der Waals surface area contributed by atoms with Gasteiger partial charge in [-0.25, -0.2) is 0 Å². The molecule has 0 saturated carbocycles. The van der Waals surface area contributed by atoms with E-state index in [4.69, 9.17) is 10.5 Å². The highest BCUT2D eigenvalue weighted by molar-refractivity contribution is 5.54. The average Bonchev–Trinajstić information content (AvgIpc) is 2.90. The van der Waals surface area contributed by atoms with Gasteiger partial charge >= 0.3 is 0 Å². The molecule has 1 aromatic heterocycles. The van der Waals surface area contributed by atoms with Gasteiger partial charge in [-0.3, -0.25) is 0 Å². The number of nitrogen functional groups attached to an aromatic ring is 1. The zero-order chi connectivity index (χ0) is 14.4. The van der Waals surface area contributed by atoms with Crippen molar-refractivity contribution in [2.75, 3.05) is 17.6 Å². The molecule has 108 valence electrons. The molecule has 7 nitrogen and oxygen atoms in total. The van der Waals surface area contributed by atoms with Gasteiger partial charge in [-0.15, -0.1) is 5.10 Å². The molecule has 0 fully saturated rings. The van der Waals surface area contributed by atoms with Crippen molar-refractivity contribution >= 4 is 11.6 Å². The van der Waals surface area contributed by atoms with Gasteiger partial charge in [0.05, 0.1) is 11.8 Å². The number of ether oxygens (including phenoxy) is 1. The number of nitrogens with one attached hydrogen (secondary N) is 2. The third-order valence-corrected chi connectivity index (χ3v) is 2.71. The lowest BCUT2D eigenvalue weighted by Gasteiger charge is -2.13. The van der Waals surface area contributed by atoms with Gasteiger partial charge in [0, 0.05) is 6.54 Å². The number of aromatic amines is 1. The third kappa shape index (κ3) is 4.11. The van der Waals surface area contributed by atoms with Crippen molar-refractivity contribution in [3.8, 4) is 5.75 Å². The lowest BCUT2D eigenvalue weighted by Crippen LogP contribution is -2.08. The topological polar surface area (TPSA) is 102 Å². The van der Waals surface area contributed by atoms with E-state index in [0.717, 1.165) is 25.1 Å². The molecule has 2 rings (SSSR count). The Morgan fingerprint density at radius 2 is 2.25 bits per heavy atom. The molecule has 1 heterocycles. The zero-order valence-electron chi connectivity index (χ0n) is 11.8. The number of tetrazole rings is 1. The molecule has 0 saturated heterocycles. The number of nitrogens with two attached hydrogens (primary N) is 1. The molecule has 0 aliphatic rings. The number of rotatable bonds is 7. The van der Waals surface area contributed by atoms with E-state index in [0.29, 0.717) is 11.6 Å². The van der Waals surface area contributed by atoms with Gasteiger partial charge in [0.1, 0.15) is 5.75 Å². The van der Waals surface area contributed by atoms with Crippen molar-refractivity contribution in [1.29, 1.82) is 0 Å². The molecule has 4 N–H and O–H groups in total. The molecule has 0 unspecified atom stereocenters. The minimum absolute atomic E-state index is 0.127. The van der Waals surface area contributed by atoms with Crippen molar-refractivity contribution in [2.24, 2.45) is 0 Å². The SMILES string of the molecule is CC(C)Oc1ccc(CCCNc2nn[nH]n2)cc1N. The maximum atomic E-state index is 5.98. The lowest BCUT2D eigenvalue weighted by molar-refractivity contribution is 0.244. The second-order valence-corrected chi connectivity index (χ2v) is 4.80. The fraction of sp³-hybridized carbons (Fsp3) is 0.462. The first-order chi connectivity index (χ1) is 9.65. The Morgan fingerprint density at radius 1 is 1.40 bits per heavy atom. The summed E-state index contributed by atoms with van der Waals surface area (Å²) in [6, 6.07) is 5.94. The van der Waals surface area contributed by atoms with Gasteiger partial charge in [-0.1, -0.05) is 11.2 Å². The summed E-state index contributed by atoms with van der Waals surface area (Å²) < 4.78 is 5.61. The second-order valence-electron chi connectivity index (χ2n) is 4.80. The van der Waals surface area contributed by atoms with Gasteiger partial charge in [-0.05, 0) is 49.6 Å². The first-order valence-electron chi connectivity index (χ1n) is 6.67. The Bertz CT molecular complexity index is 526. The van der Waals surface area contributed by atoms with Crippen LogP contribution in [0.3, 0.4) is 0 Å². The van der Waals surface area contributed by atoms with Gasteiger partial charge in [0.15, 0.2) is 0 Å². The molecule has 0 amide bonds. The standard InChI is InChI=1S/C13H20N6O/c1-9(2)20-12-6-5-10(8-11(12)14)4-3-7-15-13-16-18-19-17-13/h5-6,8-9H,3-4,7,14H2,1-2H3,(H2,15,16,17,18,19). The predicted octanol–water partition coefficient (Wildman–Crippen LogP) is 1.61. The summed E-state index contributed by atoms with van der Waals surface area (Å²) >= 11 is 0. The molecule has 7 heteroatoms. The smallest absolute Gasteiger partial charge is 0.263 e.